The number of rotatable bonds is 4. The number of nitrogens with zero attached hydrogens (tertiary/aromatic N) is 2. The standard InChI is InChI=1S/C12H13F2N3O3/c13-8-6-9(14)10(16-7-8)11(18)15-2-4-17-3-1-5-20-12(17)19/h6-7H,1-5H2,(H,15,18). The van der Waals surface area contributed by atoms with Crippen molar-refractivity contribution >= 4 is 12.0 Å². The Bertz CT molecular complexity index is 525. The number of hydrogen-bond acceptors (Lipinski definition) is 4. The number of carbonyl (C=O) groups is 2. The van der Waals surface area contributed by atoms with Crippen LogP contribution in [0.1, 0.15) is 16.9 Å². The van der Waals surface area contributed by atoms with Gasteiger partial charge in [0.05, 0.1) is 12.8 Å². The molecule has 108 valence electrons. The Hall–Kier alpha value is -2.25. The summed E-state index contributed by atoms with van der Waals surface area (Å²) in [6.07, 6.45) is 1.06. The second kappa shape index (κ2) is 6.27. The zero-order valence-electron chi connectivity index (χ0n) is 10.6. The molecule has 1 aliphatic rings. The molecule has 1 N–H and O–H groups in total. The summed E-state index contributed by atoms with van der Waals surface area (Å²) in [6.45, 7) is 1.34. The van der Waals surface area contributed by atoms with Gasteiger partial charge in [-0.05, 0) is 6.42 Å². The van der Waals surface area contributed by atoms with Gasteiger partial charge in [-0.25, -0.2) is 18.6 Å². The van der Waals surface area contributed by atoms with Gasteiger partial charge >= 0.3 is 6.09 Å². The van der Waals surface area contributed by atoms with Gasteiger partial charge in [-0.1, -0.05) is 0 Å². The van der Waals surface area contributed by atoms with Gasteiger partial charge in [0.2, 0.25) is 0 Å². The van der Waals surface area contributed by atoms with E-state index in [-0.39, 0.29) is 13.1 Å². The predicted molar refractivity (Wildman–Crippen MR) is 64.0 cm³/mol. The topological polar surface area (TPSA) is 71.5 Å². The fraction of sp³-hybridized carbons (Fsp3) is 0.417. The maximum Gasteiger partial charge on any atom is 0.409 e. The molecule has 0 unspecified atom stereocenters. The lowest BCUT2D eigenvalue weighted by Gasteiger charge is -2.26. The number of cyclic esters (lactones) is 1. The number of hydrogen-bond donors (Lipinski definition) is 1. The Balaban J connectivity index is 1.84. The van der Waals surface area contributed by atoms with Crippen LogP contribution in [0, 0.1) is 11.6 Å². The Morgan fingerprint density at radius 3 is 3.00 bits per heavy atom. The molecule has 0 bridgehead atoms. The highest BCUT2D eigenvalue weighted by molar-refractivity contribution is 5.92. The normalized spacial score (nSPS) is 14.9. The predicted octanol–water partition coefficient (Wildman–Crippen LogP) is 0.932. The van der Waals surface area contributed by atoms with Crippen LogP contribution in [0.25, 0.3) is 0 Å². The summed E-state index contributed by atoms with van der Waals surface area (Å²) in [5, 5.41) is 2.41. The molecule has 2 amide bonds. The zero-order valence-corrected chi connectivity index (χ0v) is 10.6. The largest absolute Gasteiger partial charge is 0.449 e. The maximum absolute atomic E-state index is 13.3. The maximum atomic E-state index is 13.3. The van der Waals surface area contributed by atoms with Crippen molar-refractivity contribution in [1.82, 2.24) is 15.2 Å². The first-order chi connectivity index (χ1) is 9.58. The van der Waals surface area contributed by atoms with Gasteiger partial charge in [0, 0.05) is 25.7 Å². The molecule has 0 radical (unpaired) electrons. The van der Waals surface area contributed by atoms with E-state index < -0.39 is 29.3 Å². The lowest BCUT2D eigenvalue weighted by atomic mass is 10.3. The van der Waals surface area contributed by atoms with E-state index in [0.717, 1.165) is 12.6 Å². The molecule has 0 aromatic carbocycles. The molecule has 1 aromatic rings. The third-order valence-corrected chi connectivity index (χ3v) is 2.75. The fourth-order valence-electron chi connectivity index (χ4n) is 1.77. The smallest absolute Gasteiger partial charge is 0.409 e. The summed E-state index contributed by atoms with van der Waals surface area (Å²) in [5.74, 6) is -2.64. The van der Waals surface area contributed by atoms with E-state index in [2.05, 4.69) is 10.3 Å². The summed E-state index contributed by atoms with van der Waals surface area (Å²) >= 11 is 0. The fourth-order valence-corrected chi connectivity index (χ4v) is 1.77. The molecular weight excluding hydrogens is 272 g/mol. The van der Waals surface area contributed by atoms with Crippen LogP contribution >= 0.6 is 0 Å². The number of halogens is 2. The van der Waals surface area contributed by atoms with Crippen molar-refractivity contribution in [3.05, 3.63) is 29.6 Å². The second-order valence-corrected chi connectivity index (χ2v) is 4.19. The first-order valence-corrected chi connectivity index (χ1v) is 6.09. The molecule has 1 fully saturated rings. The molecular formula is C12H13F2N3O3. The van der Waals surface area contributed by atoms with Crippen molar-refractivity contribution in [2.45, 2.75) is 6.42 Å². The Morgan fingerprint density at radius 1 is 1.50 bits per heavy atom. The van der Waals surface area contributed by atoms with Crippen molar-refractivity contribution in [3.63, 3.8) is 0 Å². The summed E-state index contributed by atoms with van der Waals surface area (Å²) in [6, 6.07) is 0.587. The number of amides is 2. The van der Waals surface area contributed by atoms with Crippen LogP contribution in [0.4, 0.5) is 13.6 Å². The van der Waals surface area contributed by atoms with E-state index in [1.807, 2.05) is 0 Å². The van der Waals surface area contributed by atoms with Gasteiger partial charge in [0.15, 0.2) is 11.5 Å². The quantitative estimate of drug-likeness (QED) is 0.893. The molecule has 0 spiro atoms. The molecule has 0 saturated carbocycles. The molecule has 0 aliphatic carbocycles. The lowest BCUT2D eigenvalue weighted by molar-refractivity contribution is 0.0718. The molecule has 8 heteroatoms. The van der Waals surface area contributed by atoms with Crippen molar-refractivity contribution in [1.29, 1.82) is 0 Å². The van der Waals surface area contributed by atoms with Gasteiger partial charge < -0.3 is 15.0 Å². The number of aromatic nitrogens is 1. The summed E-state index contributed by atoms with van der Waals surface area (Å²) < 4.78 is 30.8. The van der Waals surface area contributed by atoms with Gasteiger partial charge in [-0.2, -0.15) is 0 Å². The van der Waals surface area contributed by atoms with E-state index in [4.69, 9.17) is 4.74 Å². The van der Waals surface area contributed by atoms with Gasteiger partial charge in [0.1, 0.15) is 5.82 Å². The third-order valence-electron chi connectivity index (χ3n) is 2.75. The molecule has 2 heterocycles. The molecule has 2 rings (SSSR count). The van der Waals surface area contributed by atoms with Gasteiger partial charge in [-0.15, -0.1) is 0 Å². The monoisotopic (exact) mass is 285 g/mol. The van der Waals surface area contributed by atoms with Crippen molar-refractivity contribution < 1.29 is 23.1 Å². The van der Waals surface area contributed by atoms with E-state index in [9.17, 15) is 18.4 Å². The highest BCUT2D eigenvalue weighted by Gasteiger charge is 2.20. The molecule has 6 nitrogen and oxygen atoms in total. The number of ether oxygens (including phenoxy) is 1. The van der Waals surface area contributed by atoms with Crippen LogP contribution in [0.2, 0.25) is 0 Å². The molecule has 0 atom stereocenters. The van der Waals surface area contributed by atoms with Crippen molar-refractivity contribution in [2.24, 2.45) is 0 Å². The zero-order chi connectivity index (χ0) is 14.5. The second-order valence-electron chi connectivity index (χ2n) is 4.19. The molecule has 1 aliphatic heterocycles. The van der Waals surface area contributed by atoms with Crippen LogP contribution in [-0.4, -0.2) is 48.1 Å². The minimum atomic E-state index is -1.03. The summed E-state index contributed by atoms with van der Waals surface area (Å²) in [4.78, 5) is 27.8. The third kappa shape index (κ3) is 3.40. The number of nitrogens with one attached hydrogen (secondary N) is 1. The van der Waals surface area contributed by atoms with Crippen LogP contribution in [0.3, 0.4) is 0 Å². The van der Waals surface area contributed by atoms with Gasteiger partial charge in [-0.3, -0.25) is 4.79 Å². The number of pyridine rings is 1. The van der Waals surface area contributed by atoms with Crippen molar-refractivity contribution in [2.75, 3.05) is 26.2 Å². The molecule has 20 heavy (non-hydrogen) atoms. The lowest BCUT2D eigenvalue weighted by Crippen LogP contribution is -2.42. The molecule has 1 saturated heterocycles. The summed E-state index contributed by atoms with van der Waals surface area (Å²) in [7, 11) is 0. The van der Waals surface area contributed by atoms with E-state index in [0.29, 0.717) is 19.2 Å². The Labute approximate surface area is 113 Å². The minimum absolute atomic E-state index is 0.131. The van der Waals surface area contributed by atoms with E-state index >= 15 is 0 Å². The van der Waals surface area contributed by atoms with Crippen LogP contribution in [0.5, 0.6) is 0 Å². The first kappa shape index (κ1) is 14.2. The SMILES string of the molecule is O=C(NCCN1CCCOC1=O)c1ncc(F)cc1F. The Morgan fingerprint density at radius 2 is 2.30 bits per heavy atom. The van der Waals surface area contributed by atoms with E-state index in [1.54, 1.807) is 0 Å². The first-order valence-electron chi connectivity index (χ1n) is 6.09. The average Bonchev–Trinajstić information content (AvgIpc) is 2.40. The Kier molecular flexibility index (Phi) is 4.44. The van der Waals surface area contributed by atoms with Crippen LogP contribution < -0.4 is 5.32 Å². The highest BCUT2D eigenvalue weighted by Crippen LogP contribution is 2.06. The van der Waals surface area contributed by atoms with Gasteiger partial charge in [0.25, 0.3) is 5.91 Å². The average molecular weight is 285 g/mol. The van der Waals surface area contributed by atoms with E-state index in [1.165, 1.54) is 4.90 Å². The minimum Gasteiger partial charge on any atom is -0.449 e. The summed E-state index contributed by atoms with van der Waals surface area (Å²) in [5.41, 5.74) is -0.479. The van der Waals surface area contributed by atoms with Crippen molar-refractivity contribution in [3.8, 4) is 0 Å². The highest BCUT2D eigenvalue weighted by atomic mass is 19.1. The molecule has 1 aromatic heterocycles. The van der Waals surface area contributed by atoms with Crippen LogP contribution in [0.15, 0.2) is 12.3 Å². The number of carbonyl (C=O) groups excluding carboxylic acids is 2. The van der Waals surface area contributed by atoms with Crippen LogP contribution in [-0.2, 0) is 4.74 Å².